The first kappa shape index (κ1) is 13.5. The Hall–Kier alpha value is -0.900. The predicted octanol–water partition coefficient (Wildman–Crippen LogP) is 2.38. The summed E-state index contributed by atoms with van der Waals surface area (Å²) in [6, 6.07) is 0.250. The van der Waals surface area contributed by atoms with E-state index in [0.717, 1.165) is 18.8 Å². The quantitative estimate of drug-likeness (QED) is 0.873. The molecule has 2 N–H and O–H groups in total. The average molecular weight is 250 g/mol. The Labute approximate surface area is 110 Å². The van der Waals surface area contributed by atoms with Gasteiger partial charge in [-0.1, -0.05) is 33.1 Å². The number of nitrogens with zero attached hydrogens (tertiary/aromatic N) is 3. The lowest BCUT2D eigenvalue weighted by Gasteiger charge is -2.27. The minimum Gasteiger partial charge on any atom is -0.327 e. The molecule has 102 valence electrons. The van der Waals surface area contributed by atoms with Crippen LogP contribution in [0.25, 0.3) is 0 Å². The van der Waals surface area contributed by atoms with Gasteiger partial charge >= 0.3 is 0 Å². The Morgan fingerprint density at radius 3 is 2.72 bits per heavy atom. The molecule has 1 atom stereocenters. The molecule has 1 aliphatic carbocycles. The first-order valence-corrected chi connectivity index (χ1v) is 7.29. The van der Waals surface area contributed by atoms with Crippen LogP contribution in [0.4, 0.5) is 0 Å². The zero-order valence-corrected chi connectivity index (χ0v) is 11.7. The summed E-state index contributed by atoms with van der Waals surface area (Å²) >= 11 is 0. The van der Waals surface area contributed by atoms with Crippen molar-refractivity contribution < 1.29 is 0 Å². The number of nitrogens with two attached hydrogens (primary N) is 1. The minimum absolute atomic E-state index is 0.250. The zero-order chi connectivity index (χ0) is 13.0. The van der Waals surface area contributed by atoms with Crippen LogP contribution in [0.1, 0.15) is 51.8 Å². The first-order valence-electron chi connectivity index (χ1n) is 7.29. The smallest absolute Gasteiger partial charge is 0.138 e. The molecule has 1 aliphatic rings. The van der Waals surface area contributed by atoms with Gasteiger partial charge in [-0.05, 0) is 24.7 Å². The molecule has 1 aromatic rings. The van der Waals surface area contributed by atoms with Crippen LogP contribution in [0.15, 0.2) is 6.33 Å². The van der Waals surface area contributed by atoms with Gasteiger partial charge in [-0.2, -0.15) is 5.10 Å². The Bertz CT molecular complexity index is 352. The van der Waals surface area contributed by atoms with Crippen LogP contribution in [-0.4, -0.2) is 20.8 Å². The van der Waals surface area contributed by atoms with Crippen molar-refractivity contribution in [1.29, 1.82) is 0 Å². The summed E-state index contributed by atoms with van der Waals surface area (Å²) in [6.45, 7) is 5.34. The highest BCUT2D eigenvalue weighted by atomic mass is 15.3. The molecule has 0 aromatic carbocycles. The maximum Gasteiger partial charge on any atom is 0.138 e. The molecule has 0 spiro atoms. The molecular formula is C14H26N4. The zero-order valence-electron chi connectivity index (χ0n) is 11.7. The Morgan fingerprint density at radius 1 is 1.33 bits per heavy atom. The fourth-order valence-electron chi connectivity index (χ4n) is 2.88. The molecule has 4 nitrogen and oxygen atoms in total. The van der Waals surface area contributed by atoms with Gasteiger partial charge in [-0.15, -0.1) is 0 Å². The number of aromatic nitrogens is 3. The van der Waals surface area contributed by atoms with Crippen LogP contribution in [0.2, 0.25) is 0 Å². The van der Waals surface area contributed by atoms with Gasteiger partial charge in [0.25, 0.3) is 0 Å². The highest BCUT2D eigenvalue weighted by Gasteiger charge is 2.22. The summed E-state index contributed by atoms with van der Waals surface area (Å²) in [7, 11) is 0. The summed E-state index contributed by atoms with van der Waals surface area (Å²) in [6.07, 6.45) is 9.18. The lowest BCUT2D eigenvalue weighted by atomic mass is 9.83. The third-order valence-corrected chi connectivity index (χ3v) is 3.91. The van der Waals surface area contributed by atoms with E-state index in [0.29, 0.717) is 11.8 Å². The maximum absolute atomic E-state index is 6.36. The predicted molar refractivity (Wildman–Crippen MR) is 73.1 cm³/mol. The monoisotopic (exact) mass is 250 g/mol. The molecule has 0 aliphatic heterocycles. The first-order chi connectivity index (χ1) is 8.66. The normalized spacial score (nSPS) is 19.3. The van der Waals surface area contributed by atoms with Gasteiger partial charge in [0.15, 0.2) is 0 Å². The van der Waals surface area contributed by atoms with Crippen LogP contribution >= 0.6 is 0 Å². The molecular weight excluding hydrogens is 224 g/mol. The Balaban J connectivity index is 1.93. The van der Waals surface area contributed by atoms with Gasteiger partial charge in [-0.3, -0.25) is 0 Å². The van der Waals surface area contributed by atoms with E-state index in [9.17, 15) is 0 Å². The maximum atomic E-state index is 6.36. The van der Waals surface area contributed by atoms with E-state index in [-0.39, 0.29) is 6.04 Å². The lowest BCUT2D eigenvalue weighted by Crippen LogP contribution is -2.34. The number of hydrogen-bond acceptors (Lipinski definition) is 3. The van der Waals surface area contributed by atoms with E-state index >= 15 is 0 Å². The van der Waals surface area contributed by atoms with Crippen molar-refractivity contribution in [3.8, 4) is 0 Å². The minimum atomic E-state index is 0.250. The van der Waals surface area contributed by atoms with Crippen LogP contribution < -0.4 is 5.73 Å². The molecule has 0 radical (unpaired) electrons. The molecule has 1 fully saturated rings. The van der Waals surface area contributed by atoms with Gasteiger partial charge in [0.1, 0.15) is 12.2 Å². The summed E-state index contributed by atoms with van der Waals surface area (Å²) < 4.78 is 2.02. The standard InChI is InChI=1S/C14H26N4/c1-11(2)9-18-14(16-10-17-18)8-13(15)12-6-4-3-5-7-12/h10-13H,3-9,15H2,1-2H3. The average Bonchev–Trinajstić information content (AvgIpc) is 2.77. The van der Waals surface area contributed by atoms with Crippen LogP contribution in [0, 0.1) is 11.8 Å². The van der Waals surface area contributed by atoms with Gasteiger partial charge in [0.05, 0.1) is 0 Å². The number of rotatable bonds is 5. The fourth-order valence-corrected chi connectivity index (χ4v) is 2.88. The second-order valence-corrected chi connectivity index (χ2v) is 6.02. The van der Waals surface area contributed by atoms with Gasteiger partial charge in [-0.25, -0.2) is 9.67 Å². The third-order valence-electron chi connectivity index (χ3n) is 3.91. The fraction of sp³-hybridized carbons (Fsp3) is 0.857. The molecule has 1 saturated carbocycles. The summed E-state index contributed by atoms with van der Waals surface area (Å²) in [4.78, 5) is 4.38. The molecule has 1 unspecified atom stereocenters. The van der Waals surface area contributed by atoms with E-state index in [1.165, 1.54) is 32.1 Å². The molecule has 1 aromatic heterocycles. The lowest BCUT2D eigenvalue weighted by molar-refractivity contribution is 0.297. The topological polar surface area (TPSA) is 56.7 Å². The molecule has 18 heavy (non-hydrogen) atoms. The van der Waals surface area contributed by atoms with E-state index in [1.54, 1.807) is 6.33 Å². The largest absolute Gasteiger partial charge is 0.327 e. The second-order valence-electron chi connectivity index (χ2n) is 6.02. The van der Waals surface area contributed by atoms with Gasteiger partial charge < -0.3 is 5.73 Å². The molecule has 0 bridgehead atoms. The van der Waals surface area contributed by atoms with Crippen molar-refractivity contribution >= 4 is 0 Å². The molecule has 4 heteroatoms. The third kappa shape index (κ3) is 3.55. The van der Waals surface area contributed by atoms with E-state index in [2.05, 4.69) is 23.9 Å². The van der Waals surface area contributed by atoms with Crippen molar-refractivity contribution in [3.05, 3.63) is 12.2 Å². The number of hydrogen-bond donors (Lipinski definition) is 1. The summed E-state index contributed by atoms with van der Waals surface area (Å²) in [5.41, 5.74) is 6.36. The van der Waals surface area contributed by atoms with Crippen molar-refractivity contribution in [1.82, 2.24) is 14.8 Å². The van der Waals surface area contributed by atoms with Crippen molar-refractivity contribution in [2.75, 3.05) is 0 Å². The molecule has 2 rings (SSSR count). The Kier molecular flexibility index (Phi) is 4.75. The van der Waals surface area contributed by atoms with Gasteiger partial charge in [0.2, 0.25) is 0 Å². The second kappa shape index (κ2) is 6.32. The van der Waals surface area contributed by atoms with E-state index in [4.69, 9.17) is 5.73 Å². The summed E-state index contributed by atoms with van der Waals surface area (Å²) in [5.74, 6) is 2.33. The molecule has 1 heterocycles. The van der Waals surface area contributed by atoms with E-state index < -0.39 is 0 Å². The SMILES string of the molecule is CC(C)Cn1ncnc1CC(N)C1CCCCC1. The van der Waals surface area contributed by atoms with E-state index in [1.807, 2.05) is 4.68 Å². The Morgan fingerprint density at radius 2 is 2.06 bits per heavy atom. The van der Waals surface area contributed by atoms with Crippen LogP contribution in [0.5, 0.6) is 0 Å². The highest BCUT2D eigenvalue weighted by molar-refractivity contribution is 4.92. The van der Waals surface area contributed by atoms with Crippen molar-refractivity contribution in [2.45, 2.75) is 65.0 Å². The van der Waals surface area contributed by atoms with Crippen LogP contribution in [0.3, 0.4) is 0 Å². The van der Waals surface area contributed by atoms with Gasteiger partial charge in [0, 0.05) is 19.0 Å². The molecule has 0 saturated heterocycles. The van der Waals surface area contributed by atoms with Crippen molar-refractivity contribution in [2.24, 2.45) is 17.6 Å². The van der Waals surface area contributed by atoms with Crippen LogP contribution in [-0.2, 0) is 13.0 Å². The summed E-state index contributed by atoms with van der Waals surface area (Å²) in [5, 5.41) is 4.30. The molecule has 0 amide bonds. The highest BCUT2D eigenvalue weighted by Crippen LogP contribution is 2.26. The van der Waals surface area contributed by atoms with Crippen molar-refractivity contribution in [3.63, 3.8) is 0 Å².